The van der Waals surface area contributed by atoms with Crippen LogP contribution in [0, 0.1) is 11.3 Å². The van der Waals surface area contributed by atoms with Crippen LogP contribution in [0.15, 0.2) is 88.1 Å². The normalized spacial score (nSPS) is 11.2. The molecule has 32 heavy (non-hydrogen) atoms. The Morgan fingerprint density at radius 3 is 2.25 bits per heavy atom. The fourth-order valence-corrected chi connectivity index (χ4v) is 3.81. The van der Waals surface area contributed by atoms with E-state index in [1.807, 2.05) is 0 Å². The van der Waals surface area contributed by atoms with Gasteiger partial charge in [-0.15, -0.1) is 10.2 Å². The number of pyridine rings is 1. The van der Waals surface area contributed by atoms with Crippen LogP contribution in [0.4, 0.5) is 17.1 Å². The molecule has 3 aromatic carbocycles. The van der Waals surface area contributed by atoms with Gasteiger partial charge in [0.25, 0.3) is 10.1 Å². The summed E-state index contributed by atoms with van der Waals surface area (Å²) in [5.74, 6) is 0. The van der Waals surface area contributed by atoms with Gasteiger partial charge in [0, 0.05) is 16.3 Å². The van der Waals surface area contributed by atoms with Crippen molar-refractivity contribution in [3.05, 3.63) is 78.5 Å². The Bertz CT molecular complexity index is 1460. The third-order valence-corrected chi connectivity index (χ3v) is 5.53. The summed E-state index contributed by atoms with van der Waals surface area (Å²) in [6.45, 7) is 0. The molecule has 0 fully saturated rings. The van der Waals surface area contributed by atoms with Gasteiger partial charge < -0.3 is 5.73 Å². The summed E-state index contributed by atoms with van der Waals surface area (Å²) >= 11 is 0. The monoisotopic (exact) mass is 453 g/mol. The zero-order valence-electron chi connectivity index (χ0n) is 16.0. The van der Waals surface area contributed by atoms with Crippen molar-refractivity contribution in [1.29, 1.82) is 5.26 Å². The van der Waals surface area contributed by atoms with Gasteiger partial charge in [0.15, 0.2) is 0 Å². The number of hydrogen-bond donors (Lipinski definition) is 2. The summed E-state index contributed by atoms with van der Waals surface area (Å²) in [6, 6.07) is 20.3. The van der Waals surface area contributed by atoms with Gasteiger partial charge in [-0.1, -0.05) is 36.4 Å². The fourth-order valence-electron chi connectivity index (χ4n) is 3.09. The van der Waals surface area contributed by atoms with Crippen LogP contribution in [0.5, 0.6) is 0 Å². The predicted octanol–water partition coefficient (Wildman–Crippen LogP) is 4.37. The first-order chi connectivity index (χ1) is 14.9. The Balaban J connectivity index is 0.00000289. The zero-order valence-corrected chi connectivity index (χ0v) is 16.8. The second-order valence-corrected chi connectivity index (χ2v) is 8.01. The summed E-state index contributed by atoms with van der Waals surface area (Å²) in [5, 5.41) is 17.8. The van der Waals surface area contributed by atoms with Crippen LogP contribution in [-0.4, -0.2) is 47.5 Å². The van der Waals surface area contributed by atoms with E-state index in [1.54, 1.807) is 60.7 Å². The van der Waals surface area contributed by atoms with Crippen molar-refractivity contribution < 1.29 is 13.0 Å². The minimum atomic E-state index is -4.48. The molecule has 8 nitrogen and oxygen atoms in total. The van der Waals surface area contributed by atoms with Crippen LogP contribution < -0.4 is 5.73 Å². The number of fused-ring (bicyclic) bond motifs is 1. The third kappa shape index (κ3) is 4.85. The number of nitrogens with zero attached hydrogens (tertiary/aromatic N) is 4. The Hall–Kier alpha value is -3.13. The van der Waals surface area contributed by atoms with Gasteiger partial charge >= 0.3 is 29.6 Å². The Labute approximate surface area is 206 Å². The maximum absolute atomic E-state index is 11.8. The molecule has 154 valence electrons. The van der Waals surface area contributed by atoms with E-state index in [4.69, 9.17) is 11.0 Å². The molecule has 4 aromatic rings. The summed E-state index contributed by atoms with van der Waals surface area (Å²) in [4.78, 5) is 4.05. The average Bonchev–Trinajstić information content (AvgIpc) is 2.78. The molecule has 0 amide bonds. The predicted molar refractivity (Wildman–Crippen MR) is 124 cm³/mol. The second kappa shape index (κ2) is 9.56. The van der Waals surface area contributed by atoms with Gasteiger partial charge in [0.1, 0.15) is 16.3 Å². The summed E-state index contributed by atoms with van der Waals surface area (Å²) in [6.07, 6.45) is 1.51. The standard InChI is InChI=1S/C22H15N5O3S.Na.H/c23-12-14-5-7-15(8-6-14)19-10-9-16(13-25-19)26-27-20-11-21(31(28,29)30)17-3-1-2-4-18(17)22(20)24;;/h1-11,13H,24H2,(H,28,29,30);;/b27-26+;;. The van der Waals surface area contributed by atoms with Gasteiger partial charge in [-0.25, -0.2) is 0 Å². The molecule has 10 heteroatoms. The molecule has 0 aliphatic carbocycles. The van der Waals surface area contributed by atoms with E-state index >= 15 is 0 Å². The number of nitrogen functional groups attached to an aromatic ring is 1. The van der Waals surface area contributed by atoms with Crippen molar-refractivity contribution in [3.8, 4) is 17.3 Å². The molecule has 0 aliphatic rings. The van der Waals surface area contributed by atoms with Crippen molar-refractivity contribution in [2.45, 2.75) is 4.90 Å². The van der Waals surface area contributed by atoms with E-state index < -0.39 is 10.1 Å². The van der Waals surface area contributed by atoms with E-state index in [0.29, 0.717) is 27.7 Å². The number of hydrogen-bond acceptors (Lipinski definition) is 7. The summed E-state index contributed by atoms with van der Waals surface area (Å²) in [7, 11) is -4.48. The van der Waals surface area contributed by atoms with E-state index in [0.717, 1.165) is 5.56 Å². The number of azo groups is 1. The number of anilines is 1. The SMILES string of the molecule is N#Cc1ccc(-c2ccc(/N=N/c3cc(S(=O)(=O)O)c4ccccc4c3N)cn2)cc1.[NaH]. The Morgan fingerprint density at radius 1 is 0.969 bits per heavy atom. The summed E-state index contributed by atoms with van der Waals surface area (Å²) < 4.78 is 33.2. The Morgan fingerprint density at radius 2 is 1.66 bits per heavy atom. The first-order valence-electron chi connectivity index (χ1n) is 9.04. The van der Waals surface area contributed by atoms with Gasteiger partial charge in [-0.3, -0.25) is 9.54 Å². The van der Waals surface area contributed by atoms with Crippen molar-refractivity contribution in [1.82, 2.24) is 4.98 Å². The number of rotatable bonds is 4. The maximum atomic E-state index is 11.8. The molecule has 1 heterocycles. The molecule has 0 saturated carbocycles. The fraction of sp³-hybridized carbons (Fsp3) is 0. The first kappa shape index (κ1) is 23.5. The average molecular weight is 453 g/mol. The molecule has 3 N–H and O–H groups in total. The van der Waals surface area contributed by atoms with E-state index in [9.17, 15) is 13.0 Å². The van der Waals surface area contributed by atoms with Crippen LogP contribution in [0.2, 0.25) is 0 Å². The molecular formula is C22H16N5NaO3S. The molecule has 0 atom stereocenters. The number of nitrogens with two attached hydrogens (primary N) is 1. The summed E-state index contributed by atoms with van der Waals surface area (Å²) in [5.41, 5.74) is 9.04. The molecule has 0 saturated heterocycles. The minimum absolute atomic E-state index is 0. The number of benzene rings is 3. The third-order valence-electron chi connectivity index (χ3n) is 4.64. The van der Waals surface area contributed by atoms with Crippen LogP contribution >= 0.6 is 0 Å². The van der Waals surface area contributed by atoms with Crippen LogP contribution in [0.3, 0.4) is 0 Å². The van der Waals surface area contributed by atoms with Gasteiger partial charge in [0.05, 0.1) is 29.2 Å². The topological polar surface area (TPSA) is 142 Å². The van der Waals surface area contributed by atoms with Crippen LogP contribution in [0.25, 0.3) is 22.0 Å². The molecule has 0 radical (unpaired) electrons. The molecule has 4 rings (SSSR count). The van der Waals surface area contributed by atoms with Gasteiger partial charge in [-0.05, 0) is 30.3 Å². The molecule has 0 spiro atoms. The molecular weight excluding hydrogens is 437 g/mol. The van der Waals surface area contributed by atoms with E-state index in [-0.39, 0.29) is 45.8 Å². The van der Waals surface area contributed by atoms with Crippen molar-refractivity contribution in [2.75, 3.05) is 5.73 Å². The first-order valence-corrected chi connectivity index (χ1v) is 10.5. The molecule has 1 aromatic heterocycles. The number of aromatic nitrogens is 1. The van der Waals surface area contributed by atoms with E-state index in [2.05, 4.69) is 21.3 Å². The molecule has 0 unspecified atom stereocenters. The van der Waals surface area contributed by atoms with E-state index in [1.165, 1.54) is 12.3 Å². The van der Waals surface area contributed by atoms with Crippen LogP contribution in [-0.2, 0) is 10.1 Å². The molecule has 0 aliphatic heterocycles. The zero-order chi connectivity index (χ0) is 22.0. The van der Waals surface area contributed by atoms with Crippen molar-refractivity contribution in [2.24, 2.45) is 10.2 Å². The van der Waals surface area contributed by atoms with Crippen molar-refractivity contribution in [3.63, 3.8) is 0 Å². The van der Waals surface area contributed by atoms with Crippen molar-refractivity contribution >= 4 is 67.5 Å². The number of nitriles is 1. The van der Waals surface area contributed by atoms with Gasteiger partial charge in [-0.2, -0.15) is 13.7 Å². The second-order valence-electron chi connectivity index (χ2n) is 6.62. The Kier molecular flexibility index (Phi) is 7.03. The van der Waals surface area contributed by atoms with Gasteiger partial charge in [0.2, 0.25) is 0 Å². The van der Waals surface area contributed by atoms with Crippen LogP contribution in [0.1, 0.15) is 5.56 Å². The molecule has 0 bridgehead atoms. The quantitative estimate of drug-likeness (QED) is 0.203.